The van der Waals surface area contributed by atoms with Crippen molar-refractivity contribution in [2.45, 2.75) is 0 Å². The average molecular weight is 373 g/mol. The van der Waals surface area contributed by atoms with Crippen LogP contribution in [0.25, 0.3) is 22.7 Å². The van der Waals surface area contributed by atoms with E-state index in [-0.39, 0.29) is 5.91 Å². The molecule has 0 radical (unpaired) electrons. The zero-order valence-corrected chi connectivity index (χ0v) is 14.7. The molecule has 1 aliphatic rings. The Bertz CT molecular complexity index is 1150. The molecule has 0 spiro atoms. The number of pyridine rings is 1. The van der Waals surface area contributed by atoms with E-state index in [2.05, 4.69) is 15.3 Å². The topological polar surface area (TPSA) is 86.5 Å². The predicted molar refractivity (Wildman–Crippen MR) is 103 cm³/mol. The molecule has 1 aliphatic heterocycles. The van der Waals surface area contributed by atoms with Crippen LogP contribution in [0.1, 0.15) is 10.4 Å². The number of anilines is 1. The summed E-state index contributed by atoms with van der Waals surface area (Å²) in [5.74, 6) is 1.43. The molecule has 138 valence electrons. The third-order valence-corrected chi connectivity index (χ3v) is 4.34. The van der Waals surface area contributed by atoms with Crippen molar-refractivity contribution in [2.24, 2.45) is 0 Å². The Kier molecular flexibility index (Phi) is 3.90. The highest BCUT2D eigenvalue weighted by Gasteiger charge is 2.16. The zero-order chi connectivity index (χ0) is 18.9. The Balaban J connectivity index is 1.40. The summed E-state index contributed by atoms with van der Waals surface area (Å²) >= 11 is 0. The fraction of sp³-hybridized carbons (Fsp3) is 0.0952. The highest BCUT2D eigenvalue weighted by Crippen LogP contribution is 2.31. The predicted octanol–water partition coefficient (Wildman–Crippen LogP) is 3.91. The van der Waals surface area contributed by atoms with Crippen molar-refractivity contribution in [3.05, 3.63) is 66.4 Å². The van der Waals surface area contributed by atoms with Gasteiger partial charge in [0.15, 0.2) is 22.7 Å². The molecule has 3 heterocycles. The van der Waals surface area contributed by atoms with Gasteiger partial charge in [0.1, 0.15) is 13.2 Å². The minimum absolute atomic E-state index is 0.242. The Morgan fingerprint density at radius 3 is 2.75 bits per heavy atom. The van der Waals surface area contributed by atoms with Crippen molar-refractivity contribution in [1.29, 1.82) is 0 Å². The minimum atomic E-state index is -0.242. The molecule has 7 heteroatoms. The van der Waals surface area contributed by atoms with Gasteiger partial charge < -0.3 is 19.2 Å². The lowest BCUT2D eigenvalue weighted by atomic mass is 10.1. The molecular formula is C21H15N3O4. The van der Waals surface area contributed by atoms with E-state index in [4.69, 9.17) is 13.9 Å². The van der Waals surface area contributed by atoms with Crippen LogP contribution in [0.3, 0.4) is 0 Å². The van der Waals surface area contributed by atoms with Crippen molar-refractivity contribution >= 4 is 22.8 Å². The third-order valence-electron chi connectivity index (χ3n) is 4.34. The van der Waals surface area contributed by atoms with Crippen LogP contribution in [0, 0.1) is 0 Å². The van der Waals surface area contributed by atoms with Crippen LogP contribution in [0.4, 0.5) is 5.69 Å². The molecule has 0 atom stereocenters. The van der Waals surface area contributed by atoms with Crippen molar-refractivity contribution < 1.29 is 18.7 Å². The van der Waals surface area contributed by atoms with Crippen LogP contribution in [-0.4, -0.2) is 29.1 Å². The van der Waals surface area contributed by atoms with Crippen molar-refractivity contribution in [3.8, 4) is 23.0 Å². The monoisotopic (exact) mass is 373 g/mol. The molecule has 5 rings (SSSR count). The van der Waals surface area contributed by atoms with E-state index in [1.54, 1.807) is 42.6 Å². The number of carbonyl (C=O) groups excluding carboxylic acids is 1. The van der Waals surface area contributed by atoms with Crippen LogP contribution < -0.4 is 14.8 Å². The first-order chi connectivity index (χ1) is 13.8. The van der Waals surface area contributed by atoms with Gasteiger partial charge in [-0.1, -0.05) is 6.07 Å². The fourth-order valence-electron chi connectivity index (χ4n) is 3.01. The van der Waals surface area contributed by atoms with E-state index < -0.39 is 0 Å². The van der Waals surface area contributed by atoms with Gasteiger partial charge in [-0.3, -0.25) is 4.79 Å². The maximum atomic E-state index is 12.6. The fourth-order valence-corrected chi connectivity index (χ4v) is 3.01. The number of hydrogen-bond acceptors (Lipinski definition) is 6. The second kappa shape index (κ2) is 6.70. The minimum Gasteiger partial charge on any atom is -0.486 e. The van der Waals surface area contributed by atoms with E-state index in [1.165, 1.54) is 0 Å². The smallest absolute Gasteiger partial charge is 0.255 e. The number of carbonyl (C=O) groups is 1. The lowest BCUT2D eigenvalue weighted by Crippen LogP contribution is -2.17. The van der Waals surface area contributed by atoms with Gasteiger partial charge in [-0.05, 0) is 48.5 Å². The number of benzene rings is 2. The largest absolute Gasteiger partial charge is 0.486 e. The summed E-state index contributed by atoms with van der Waals surface area (Å²) in [7, 11) is 0. The summed E-state index contributed by atoms with van der Waals surface area (Å²) in [6.07, 6.45) is 1.67. The van der Waals surface area contributed by atoms with Gasteiger partial charge in [-0.2, -0.15) is 4.98 Å². The van der Waals surface area contributed by atoms with Crippen molar-refractivity contribution in [3.63, 3.8) is 0 Å². The number of hydrogen-bond donors (Lipinski definition) is 1. The Morgan fingerprint density at radius 1 is 0.964 bits per heavy atom. The number of fused-ring (bicyclic) bond motifs is 2. The van der Waals surface area contributed by atoms with Crippen LogP contribution in [0.15, 0.2) is 65.2 Å². The highest BCUT2D eigenvalue weighted by molar-refractivity contribution is 6.04. The van der Waals surface area contributed by atoms with E-state index in [1.807, 2.05) is 18.2 Å². The van der Waals surface area contributed by atoms with Crippen LogP contribution in [0.2, 0.25) is 0 Å². The third kappa shape index (κ3) is 3.03. The van der Waals surface area contributed by atoms with Gasteiger partial charge in [0.25, 0.3) is 5.91 Å². The van der Waals surface area contributed by atoms with Crippen LogP contribution in [0.5, 0.6) is 11.5 Å². The zero-order valence-electron chi connectivity index (χ0n) is 14.7. The van der Waals surface area contributed by atoms with Gasteiger partial charge in [0.05, 0.1) is 0 Å². The molecule has 7 nitrogen and oxygen atoms in total. The van der Waals surface area contributed by atoms with Gasteiger partial charge >= 0.3 is 0 Å². The number of aromatic nitrogens is 2. The molecule has 0 fully saturated rings. The summed E-state index contributed by atoms with van der Waals surface area (Å²) < 4.78 is 16.8. The molecule has 28 heavy (non-hydrogen) atoms. The summed E-state index contributed by atoms with van der Waals surface area (Å²) in [6, 6.07) is 16.0. The number of oxazole rings is 1. The van der Waals surface area contributed by atoms with E-state index in [0.29, 0.717) is 53.1 Å². The average Bonchev–Trinajstić information content (AvgIpc) is 3.18. The summed E-state index contributed by atoms with van der Waals surface area (Å²) in [5.41, 5.74) is 3.03. The molecule has 0 bridgehead atoms. The molecule has 0 unspecified atom stereocenters. The SMILES string of the molecule is O=C(Nc1cccc(-c2nc3ncccc3o2)c1)c1ccc2c(c1)OCCO2. The number of nitrogens with one attached hydrogen (secondary N) is 1. The summed E-state index contributed by atoms with van der Waals surface area (Å²) in [5, 5.41) is 2.89. The molecule has 4 aromatic rings. The molecule has 0 saturated heterocycles. The first-order valence-electron chi connectivity index (χ1n) is 8.79. The molecule has 2 aromatic heterocycles. The lowest BCUT2D eigenvalue weighted by molar-refractivity contribution is 0.102. The number of rotatable bonds is 3. The van der Waals surface area contributed by atoms with Gasteiger partial charge in [-0.15, -0.1) is 0 Å². The normalized spacial score (nSPS) is 12.7. The summed E-state index contributed by atoms with van der Waals surface area (Å²) in [6.45, 7) is 0.982. The van der Waals surface area contributed by atoms with Gasteiger partial charge in [-0.25, -0.2) is 4.98 Å². The van der Waals surface area contributed by atoms with Crippen molar-refractivity contribution in [1.82, 2.24) is 9.97 Å². The number of nitrogens with zero attached hydrogens (tertiary/aromatic N) is 2. The van der Waals surface area contributed by atoms with E-state index >= 15 is 0 Å². The van der Waals surface area contributed by atoms with Gasteiger partial charge in [0.2, 0.25) is 5.89 Å². The maximum absolute atomic E-state index is 12.6. The molecule has 1 N–H and O–H groups in total. The Morgan fingerprint density at radius 2 is 1.86 bits per heavy atom. The van der Waals surface area contributed by atoms with Gasteiger partial charge in [0, 0.05) is 23.0 Å². The first-order valence-corrected chi connectivity index (χ1v) is 8.79. The molecule has 1 amide bonds. The highest BCUT2D eigenvalue weighted by atomic mass is 16.6. The first kappa shape index (κ1) is 16.3. The second-order valence-electron chi connectivity index (χ2n) is 6.24. The molecular weight excluding hydrogens is 358 g/mol. The maximum Gasteiger partial charge on any atom is 0.255 e. The van der Waals surface area contributed by atoms with Crippen LogP contribution >= 0.6 is 0 Å². The standard InChI is InChI=1S/C21H15N3O4/c25-20(13-6-7-16-18(12-13)27-10-9-26-16)23-15-4-1-3-14(11-15)21-24-19-17(28-21)5-2-8-22-19/h1-8,11-12H,9-10H2,(H,23,25). The van der Waals surface area contributed by atoms with E-state index in [0.717, 1.165) is 5.56 Å². The number of amides is 1. The number of ether oxygens (including phenoxy) is 2. The Labute approximate surface area is 159 Å². The van der Waals surface area contributed by atoms with Crippen molar-refractivity contribution in [2.75, 3.05) is 18.5 Å². The lowest BCUT2D eigenvalue weighted by Gasteiger charge is -2.18. The second-order valence-corrected chi connectivity index (χ2v) is 6.24. The molecule has 2 aromatic carbocycles. The molecule has 0 aliphatic carbocycles. The quantitative estimate of drug-likeness (QED) is 0.586. The van der Waals surface area contributed by atoms with Crippen LogP contribution in [-0.2, 0) is 0 Å². The molecule has 0 saturated carbocycles. The van der Waals surface area contributed by atoms with E-state index in [9.17, 15) is 4.79 Å². The summed E-state index contributed by atoms with van der Waals surface area (Å²) in [4.78, 5) is 21.2. The Hall–Kier alpha value is -3.87.